The van der Waals surface area contributed by atoms with Crippen LogP contribution in [0, 0.1) is 0 Å². The van der Waals surface area contributed by atoms with E-state index in [1.807, 2.05) is 6.07 Å². The predicted molar refractivity (Wildman–Crippen MR) is 66.1 cm³/mol. The Kier molecular flexibility index (Phi) is 2.23. The first-order valence-corrected chi connectivity index (χ1v) is 5.56. The number of carbonyl (C=O) groups excluding carboxylic acids is 1. The molecule has 0 bridgehead atoms. The third-order valence-corrected chi connectivity index (χ3v) is 3.04. The summed E-state index contributed by atoms with van der Waals surface area (Å²) in [6.45, 7) is 0. The van der Waals surface area contributed by atoms with Crippen LogP contribution >= 0.6 is 0 Å². The smallest absolute Gasteiger partial charge is 0.296 e. The summed E-state index contributed by atoms with van der Waals surface area (Å²) in [6.07, 6.45) is 0. The predicted octanol–water partition coefficient (Wildman–Crippen LogP) is 1.50. The van der Waals surface area contributed by atoms with Crippen LogP contribution in [0.5, 0.6) is 0 Å². The molecule has 2 aromatic carbocycles. The van der Waals surface area contributed by atoms with Crippen LogP contribution in [-0.2, 0) is 10.6 Å². The Morgan fingerprint density at radius 2 is 1.50 bits per heavy atom. The van der Waals surface area contributed by atoms with Crippen LogP contribution in [0.15, 0.2) is 54.6 Å². The quantitative estimate of drug-likeness (QED) is 0.744. The van der Waals surface area contributed by atoms with Crippen LogP contribution < -0.4 is 4.90 Å². The molecule has 0 unspecified atom stereocenters. The second-order valence-corrected chi connectivity index (χ2v) is 4.17. The maximum atomic E-state index is 12.1. The molecule has 18 heavy (non-hydrogen) atoms. The van der Waals surface area contributed by atoms with Crippen molar-refractivity contribution in [2.24, 2.45) is 0 Å². The standard InChI is InChI=1S/C14H11NO3/c16-13-14(17,18)11-8-4-5-9-12(11)15(13)10-6-2-1-3-7-10/h1-9,17-18H. The van der Waals surface area contributed by atoms with Crippen LogP contribution in [0.1, 0.15) is 5.56 Å². The number of amides is 1. The number of para-hydroxylation sites is 2. The monoisotopic (exact) mass is 241 g/mol. The number of nitrogens with zero attached hydrogens (tertiary/aromatic N) is 1. The molecule has 4 heteroatoms. The summed E-state index contributed by atoms with van der Waals surface area (Å²) in [6, 6.07) is 15.6. The molecule has 3 rings (SSSR count). The van der Waals surface area contributed by atoms with E-state index in [4.69, 9.17) is 0 Å². The zero-order valence-corrected chi connectivity index (χ0v) is 9.45. The zero-order chi connectivity index (χ0) is 12.8. The van der Waals surface area contributed by atoms with Crippen LogP contribution in [-0.4, -0.2) is 16.1 Å². The molecule has 0 spiro atoms. The number of anilines is 2. The van der Waals surface area contributed by atoms with Gasteiger partial charge < -0.3 is 10.2 Å². The molecule has 2 N–H and O–H groups in total. The lowest BCUT2D eigenvalue weighted by Crippen LogP contribution is -2.37. The lowest BCUT2D eigenvalue weighted by molar-refractivity contribution is -0.182. The fourth-order valence-corrected chi connectivity index (χ4v) is 2.18. The van der Waals surface area contributed by atoms with Crippen molar-refractivity contribution in [3.05, 3.63) is 60.2 Å². The highest BCUT2D eigenvalue weighted by atomic mass is 16.5. The fraction of sp³-hybridized carbons (Fsp3) is 0.0714. The van der Waals surface area contributed by atoms with Crippen molar-refractivity contribution in [2.45, 2.75) is 5.79 Å². The molecule has 0 fully saturated rings. The minimum absolute atomic E-state index is 0.207. The van der Waals surface area contributed by atoms with Crippen molar-refractivity contribution < 1.29 is 15.0 Å². The van der Waals surface area contributed by atoms with Crippen molar-refractivity contribution in [2.75, 3.05) is 4.90 Å². The number of hydrogen-bond donors (Lipinski definition) is 2. The van der Waals surface area contributed by atoms with Crippen LogP contribution in [0.3, 0.4) is 0 Å². The summed E-state index contributed by atoms with van der Waals surface area (Å²) >= 11 is 0. The summed E-state index contributed by atoms with van der Waals surface area (Å²) in [5, 5.41) is 19.8. The van der Waals surface area contributed by atoms with Gasteiger partial charge in [0.05, 0.1) is 5.69 Å². The topological polar surface area (TPSA) is 60.8 Å². The van der Waals surface area contributed by atoms with Gasteiger partial charge in [0.1, 0.15) is 0 Å². The van der Waals surface area contributed by atoms with E-state index < -0.39 is 11.7 Å². The van der Waals surface area contributed by atoms with Gasteiger partial charge in [0.25, 0.3) is 11.7 Å². The van der Waals surface area contributed by atoms with E-state index in [1.54, 1.807) is 42.5 Å². The van der Waals surface area contributed by atoms with E-state index in [-0.39, 0.29) is 5.56 Å². The molecule has 1 aliphatic rings. The number of benzene rings is 2. The van der Waals surface area contributed by atoms with Gasteiger partial charge in [-0.2, -0.15) is 0 Å². The Hall–Kier alpha value is -2.17. The largest absolute Gasteiger partial charge is 0.354 e. The van der Waals surface area contributed by atoms with E-state index in [2.05, 4.69) is 0 Å². The number of rotatable bonds is 1. The molecule has 0 saturated carbocycles. The normalized spacial score (nSPS) is 16.8. The van der Waals surface area contributed by atoms with Crippen molar-refractivity contribution in [3.63, 3.8) is 0 Å². The van der Waals surface area contributed by atoms with Crippen molar-refractivity contribution in [1.82, 2.24) is 0 Å². The first-order chi connectivity index (χ1) is 8.62. The van der Waals surface area contributed by atoms with Crippen LogP contribution in [0.2, 0.25) is 0 Å². The van der Waals surface area contributed by atoms with Gasteiger partial charge in [-0.25, -0.2) is 0 Å². The van der Waals surface area contributed by atoms with Crippen LogP contribution in [0.25, 0.3) is 0 Å². The van der Waals surface area contributed by atoms with Gasteiger partial charge in [-0.3, -0.25) is 9.69 Å². The first kappa shape index (κ1) is 11.0. The Morgan fingerprint density at radius 1 is 0.889 bits per heavy atom. The van der Waals surface area contributed by atoms with Gasteiger partial charge in [-0.15, -0.1) is 0 Å². The second kappa shape index (κ2) is 3.66. The van der Waals surface area contributed by atoms with Gasteiger partial charge in [0.15, 0.2) is 0 Å². The van der Waals surface area contributed by atoms with Gasteiger partial charge in [-0.1, -0.05) is 36.4 Å². The average molecular weight is 241 g/mol. The first-order valence-electron chi connectivity index (χ1n) is 5.56. The summed E-state index contributed by atoms with van der Waals surface area (Å²) < 4.78 is 0. The number of hydrogen-bond acceptors (Lipinski definition) is 3. The highest BCUT2D eigenvalue weighted by molar-refractivity contribution is 6.10. The molecule has 1 aliphatic heterocycles. The molecule has 90 valence electrons. The van der Waals surface area contributed by atoms with Crippen molar-refractivity contribution >= 4 is 17.3 Å². The third-order valence-electron chi connectivity index (χ3n) is 3.04. The molecule has 4 nitrogen and oxygen atoms in total. The Balaban J connectivity index is 2.21. The van der Waals surface area contributed by atoms with E-state index in [0.717, 1.165) is 0 Å². The Labute approximate surface area is 104 Å². The number of fused-ring (bicyclic) bond motifs is 1. The average Bonchev–Trinajstić information content (AvgIpc) is 2.60. The zero-order valence-electron chi connectivity index (χ0n) is 9.45. The molecule has 0 radical (unpaired) electrons. The van der Waals surface area contributed by atoms with E-state index >= 15 is 0 Å². The van der Waals surface area contributed by atoms with Crippen molar-refractivity contribution in [1.29, 1.82) is 0 Å². The minimum atomic E-state index is -2.45. The van der Waals surface area contributed by atoms with Gasteiger partial charge in [0.2, 0.25) is 0 Å². The third kappa shape index (κ3) is 1.37. The highest BCUT2D eigenvalue weighted by Gasteiger charge is 2.49. The van der Waals surface area contributed by atoms with E-state index in [9.17, 15) is 15.0 Å². The van der Waals surface area contributed by atoms with E-state index in [0.29, 0.717) is 11.4 Å². The summed E-state index contributed by atoms with van der Waals surface area (Å²) in [5.41, 5.74) is 1.32. The summed E-state index contributed by atoms with van der Waals surface area (Å²) in [7, 11) is 0. The molecule has 0 aromatic heterocycles. The van der Waals surface area contributed by atoms with Crippen LogP contribution in [0.4, 0.5) is 11.4 Å². The number of carbonyl (C=O) groups is 1. The molecule has 1 amide bonds. The molecular weight excluding hydrogens is 230 g/mol. The summed E-state index contributed by atoms with van der Waals surface area (Å²) in [5.74, 6) is -3.21. The number of aliphatic hydroxyl groups is 2. The SMILES string of the molecule is O=C1N(c2ccccc2)c2ccccc2C1(O)O. The van der Waals surface area contributed by atoms with Gasteiger partial charge in [-0.05, 0) is 18.2 Å². The van der Waals surface area contributed by atoms with E-state index in [1.165, 1.54) is 11.0 Å². The Morgan fingerprint density at radius 3 is 2.22 bits per heavy atom. The minimum Gasteiger partial charge on any atom is -0.354 e. The molecule has 1 heterocycles. The van der Waals surface area contributed by atoms with Gasteiger partial charge in [0, 0.05) is 11.3 Å². The lowest BCUT2D eigenvalue weighted by atomic mass is 10.1. The van der Waals surface area contributed by atoms with Gasteiger partial charge >= 0.3 is 0 Å². The molecule has 0 aliphatic carbocycles. The summed E-state index contributed by atoms with van der Waals surface area (Å²) in [4.78, 5) is 13.4. The Bertz CT molecular complexity index is 607. The maximum Gasteiger partial charge on any atom is 0.296 e. The fourth-order valence-electron chi connectivity index (χ4n) is 2.18. The molecular formula is C14H11NO3. The molecule has 0 atom stereocenters. The van der Waals surface area contributed by atoms with Crippen molar-refractivity contribution in [3.8, 4) is 0 Å². The molecule has 0 saturated heterocycles. The maximum absolute atomic E-state index is 12.1. The highest BCUT2D eigenvalue weighted by Crippen LogP contribution is 2.42. The molecule has 2 aromatic rings. The second-order valence-electron chi connectivity index (χ2n) is 4.17. The lowest BCUT2D eigenvalue weighted by Gasteiger charge is -2.18.